The van der Waals surface area contributed by atoms with Crippen LogP contribution in [-0.4, -0.2) is 37.8 Å². The van der Waals surface area contributed by atoms with Crippen molar-refractivity contribution < 1.29 is 28.2 Å². The van der Waals surface area contributed by atoms with E-state index in [9.17, 15) is 18.3 Å². The molecule has 0 fully saturated rings. The van der Waals surface area contributed by atoms with Crippen LogP contribution in [0.1, 0.15) is 18.0 Å². The van der Waals surface area contributed by atoms with Gasteiger partial charge in [-0.15, -0.1) is 0 Å². The molecule has 1 aliphatic heterocycles. The third kappa shape index (κ3) is 3.18. The smallest absolute Gasteiger partial charge is 0.305 e. The van der Waals surface area contributed by atoms with E-state index in [1.54, 1.807) is 42.5 Å². The van der Waals surface area contributed by atoms with Gasteiger partial charge in [0, 0.05) is 0 Å². The Hall–Kier alpha value is -2.58. The third-order valence-electron chi connectivity index (χ3n) is 3.92. The number of rotatable bonds is 6. The number of aliphatic hydroxyl groups excluding tert-OH is 1. The first kappa shape index (κ1) is 17.2. The zero-order valence-electron chi connectivity index (χ0n) is 13.2. The number of aliphatic carboxylic acids is 1. The number of hydrogen-bond donors (Lipinski definition) is 2. The fourth-order valence-electron chi connectivity index (χ4n) is 2.92. The molecule has 2 aromatic rings. The quantitative estimate of drug-likeness (QED) is 0.811. The number of nitrogens with zero attached hydrogens (tertiary/aromatic N) is 1. The Morgan fingerprint density at radius 1 is 1.12 bits per heavy atom. The molecule has 2 N–H and O–H groups in total. The van der Waals surface area contributed by atoms with Gasteiger partial charge in [-0.25, -0.2) is 8.42 Å². The highest BCUT2D eigenvalue weighted by Gasteiger charge is 2.43. The highest BCUT2D eigenvalue weighted by molar-refractivity contribution is 7.93. The largest absolute Gasteiger partial charge is 0.491 e. The molecule has 1 atom stereocenters. The van der Waals surface area contributed by atoms with Crippen molar-refractivity contribution in [3.63, 3.8) is 0 Å². The summed E-state index contributed by atoms with van der Waals surface area (Å²) < 4.78 is 32.2. The first-order valence-electron chi connectivity index (χ1n) is 7.64. The average molecular weight is 363 g/mol. The third-order valence-corrected chi connectivity index (χ3v) is 5.83. The van der Waals surface area contributed by atoms with Crippen LogP contribution in [-0.2, 0) is 14.8 Å². The summed E-state index contributed by atoms with van der Waals surface area (Å²) in [4.78, 5) is 11.4. The summed E-state index contributed by atoms with van der Waals surface area (Å²) in [6.45, 7) is 0.00664. The van der Waals surface area contributed by atoms with E-state index in [2.05, 4.69) is 0 Å². The molecule has 0 amide bonds. The zero-order chi connectivity index (χ0) is 18.0. The molecule has 25 heavy (non-hydrogen) atoms. The Bertz CT molecular complexity index is 878. The van der Waals surface area contributed by atoms with Crippen molar-refractivity contribution in [3.8, 4) is 5.75 Å². The second kappa shape index (κ2) is 6.73. The normalized spacial score (nSPS) is 18.0. The summed E-state index contributed by atoms with van der Waals surface area (Å²) in [5.74, 6) is -0.591. The van der Waals surface area contributed by atoms with E-state index in [1.807, 2.05) is 0 Å². The van der Waals surface area contributed by atoms with Crippen LogP contribution in [0.15, 0.2) is 53.4 Å². The molecule has 3 rings (SSSR count). The molecule has 1 aliphatic rings. The van der Waals surface area contributed by atoms with Gasteiger partial charge in [0.1, 0.15) is 12.4 Å². The molecule has 1 heterocycles. The van der Waals surface area contributed by atoms with Gasteiger partial charge in [0.05, 0.1) is 29.7 Å². The molecule has 132 valence electrons. The van der Waals surface area contributed by atoms with Crippen LogP contribution in [0.5, 0.6) is 5.75 Å². The second-order valence-corrected chi connectivity index (χ2v) is 7.30. The molecule has 0 bridgehead atoms. The Morgan fingerprint density at radius 3 is 2.44 bits per heavy atom. The standard InChI is InChI=1S/C17H17NO6S/c19-9-10-24-13-7-5-12(6-8-13)18-15(11-17(20)21)14-3-1-2-4-16(14)25(18,22)23/h1-8,15,19H,9-11H2,(H,20,21). The predicted molar refractivity (Wildman–Crippen MR) is 90.1 cm³/mol. The Morgan fingerprint density at radius 2 is 1.80 bits per heavy atom. The zero-order valence-corrected chi connectivity index (χ0v) is 14.0. The lowest BCUT2D eigenvalue weighted by Gasteiger charge is -2.24. The van der Waals surface area contributed by atoms with Crippen LogP contribution in [0.2, 0.25) is 0 Å². The molecule has 1 unspecified atom stereocenters. The second-order valence-electron chi connectivity index (χ2n) is 5.52. The number of fused-ring (bicyclic) bond motifs is 1. The summed E-state index contributed by atoms with van der Waals surface area (Å²) in [7, 11) is -3.83. The van der Waals surface area contributed by atoms with Crippen molar-refractivity contribution in [2.75, 3.05) is 17.5 Å². The maximum Gasteiger partial charge on any atom is 0.305 e. The van der Waals surface area contributed by atoms with E-state index < -0.39 is 22.0 Å². The predicted octanol–water partition coefficient (Wildman–Crippen LogP) is 1.78. The molecule has 0 radical (unpaired) electrons. The van der Waals surface area contributed by atoms with Gasteiger partial charge < -0.3 is 14.9 Å². The minimum absolute atomic E-state index is 0.127. The van der Waals surface area contributed by atoms with Crippen LogP contribution in [0.3, 0.4) is 0 Å². The van der Waals surface area contributed by atoms with Crippen LogP contribution in [0.4, 0.5) is 5.69 Å². The van der Waals surface area contributed by atoms with Crippen molar-refractivity contribution >= 4 is 21.7 Å². The van der Waals surface area contributed by atoms with Gasteiger partial charge >= 0.3 is 5.97 Å². The molecule has 0 saturated heterocycles. The van der Waals surface area contributed by atoms with E-state index in [1.165, 1.54) is 6.07 Å². The lowest BCUT2D eigenvalue weighted by atomic mass is 10.0. The number of ether oxygens (including phenoxy) is 1. The minimum Gasteiger partial charge on any atom is -0.491 e. The van der Waals surface area contributed by atoms with Crippen molar-refractivity contribution in [1.29, 1.82) is 0 Å². The molecule has 0 aromatic heterocycles. The Kier molecular flexibility index (Phi) is 4.65. The van der Waals surface area contributed by atoms with Crippen LogP contribution in [0.25, 0.3) is 0 Å². The monoisotopic (exact) mass is 363 g/mol. The van der Waals surface area contributed by atoms with Crippen molar-refractivity contribution in [3.05, 3.63) is 54.1 Å². The lowest BCUT2D eigenvalue weighted by molar-refractivity contribution is -0.137. The van der Waals surface area contributed by atoms with Gasteiger partial charge in [0.2, 0.25) is 0 Å². The number of carbonyl (C=O) groups is 1. The summed E-state index contributed by atoms with van der Waals surface area (Å²) in [6.07, 6.45) is -0.334. The Balaban J connectivity index is 2.02. The summed E-state index contributed by atoms with van der Waals surface area (Å²) >= 11 is 0. The lowest BCUT2D eigenvalue weighted by Crippen LogP contribution is -2.29. The van der Waals surface area contributed by atoms with Crippen molar-refractivity contribution in [2.45, 2.75) is 17.4 Å². The van der Waals surface area contributed by atoms with Crippen LogP contribution < -0.4 is 9.04 Å². The van der Waals surface area contributed by atoms with Crippen LogP contribution >= 0.6 is 0 Å². The first-order valence-corrected chi connectivity index (χ1v) is 9.08. The molecular weight excluding hydrogens is 346 g/mol. The van der Waals surface area contributed by atoms with E-state index in [4.69, 9.17) is 9.84 Å². The van der Waals surface area contributed by atoms with Gasteiger partial charge in [-0.2, -0.15) is 0 Å². The molecule has 8 heteroatoms. The van der Waals surface area contributed by atoms with Gasteiger partial charge in [0.15, 0.2) is 0 Å². The summed E-state index contributed by atoms with van der Waals surface area (Å²) in [6, 6.07) is 11.9. The highest BCUT2D eigenvalue weighted by atomic mass is 32.2. The van der Waals surface area contributed by atoms with Crippen LogP contribution in [0, 0.1) is 0 Å². The number of carboxylic acids is 1. The molecular formula is C17H17NO6S. The first-order chi connectivity index (χ1) is 11.9. The molecule has 0 saturated carbocycles. The molecule has 0 spiro atoms. The number of benzene rings is 2. The highest BCUT2D eigenvalue weighted by Crippen LogP contribution is 2.44. The van der Waals surface area contributed by atoms with E-state index in [0.29, 0.717) is 17.0 Å². The number of hydrogen-bond acceptors (Lipinski definition) is 5. The maximum absolute atomic E-state index is 12.9. The molecule has 0 aliphatic carbocycles. The topological polar surface area (TPSA) is 104 Å². The summed E-state index contributed by atoms with van der Waals surface area (Å²) in [5, 5.41) is 18.0. The van der Waals surface area contributed by atoms with E-state index in [0.717, 1.165) is 4.31 Å². The SMILES string of the molecule is O=C(O)CC1c2ccccc2S(=O)(=O)N1c1ccc(OCCO)cc1. The van der Waals surface area contributed by atoms with Gasteiger partial charge in [-0.05, 0) is 35.9 Å². The molecule has 7 nitrogen and oxygen atoms in total. The van der Waals surface area contributed by atoms with E-state index in [-0.39, 0.29) is 24.5 Å². The maximum atomic E-state index is 12.9. The van der Waals surface area contributed by atoms with Gasteiger partial charge in [-0.1, -0.05) is 18.2 Å². The average Bonchev–Trinajstić information content (AvgIpc) is 2.81. The van der Waals surface area contributed by atoms with Crippen molar-refractivity contribution in [1.82, 2.24) is 0 Å². The number of anilines is 1. The Labute approximate surface area is 145 Å². The van der Waals surface area contributed by atoms with E-state index >= 15 is 0 Å². The fourth-order valence-corrected chi connectivity index (χ4v) is 4.81. The van der Waals surface area contributed by atoms with Crippen molar-refractivity contribution in [2.24, 2.45) is 0 Å². The fraction of sp³-hybridized carbons (Fsp3) is 0.235. The molecule has 2 aromatic carbocycles. The van der Waals surface area contributed by atoms with Gasteiger partial charge in [-0.3, -0.25) is 9.10 Å². The number of sulfonamides is 1. The van der Waals surface area contributed by atoms with Gasteiger partial charge in [0.25, 0.3) is 10.0 Å². The number of carboxylic acid groups (broad SMARTS) is 1. The summed E-state index contributed by atoms with van der Waals surface area (Å²) in [5.41, 5.74) is 0.837. The number of aliphatic hydroxyl groups is 1. The minimum atomic E-state index is -3.83.